The molecule has 0 unspecified atom stereocenters. The largest absolute Gasteiger partial charge is 0.489 e. The fourth-order valence-corrected chi connectivity index (χ4v) is 3.93. The van der Waals surface area contributed by atoms with Crippen molar-refractivity contribution >= 4 is 27.5 Å². The Morgan fingerprint density at radius 3 is 2.34 bits per heavy atom. The number of hydrogen-bond acceptors (Lipinski definition) is 4. The van der Waals surface area contributed by atoms with Gasteiger partial charge in [-0.1, -0.05) is 48.0 Å². The molecule has 0 fully saturated rings. The van der Waals surface area contributed by atoms with Crippen molar-refractivity contribution in [2.24, 2.45) is 0 Å². The van der Waals surface area contributed by atoms with Gasteiger partial charge in [-0.05, 0) is 48.0 Å². The van der Waals surface area contributed by atoms with E-state index >= 15 is 0 Å². The molecule has 3 rings (SSSR count). The van der Waals surface area contributed by atoms with Gasteiger partial charge in [-0.3, -0.25) is 0 Å². The highest BCUT2D eigenvalue weighted by atomic mass is 35.5. The molecule has 0 aromatic heterocycles. The minimum absolute atomic E-state index is 0.0491. The van der Waals surface area contributed by atoms with E-state index in [-0.39, 0.29) is 27.0 Å². The summed E-state index contributed by atoms with van der Waals surface area (Å²) in [6.07, 6.45) is 1.29. The van der Waals surface area contributed by atoms with Crippen LogP contribution in [0.5, 0.6) is 5.75 Å². The Bertz CT molecular complexity index is 1160. The predicted octanol–water partition coefficient (Wildman–Crippen LogP) is 5.40. The topological polar surface area (TPSA) is 67.2 Å². The lowest BCUT2D eigenvalue weighted by molar-refractivity contribution is 0.300. The lowest BCUT2D eigenvalue weighted by Crippen LogP contribution is -2.03. The van der Waals surface area contributed by atoms with Crippen molar-refractivity contribution in [3.63, 3.8) is 0 Å². The van der Waals surface area contributed by atoms with Gasteiger partial charge in [0.2, 0.25) is 9.84 Å². The van der Waals surface area contributed by atoms with Crippen molar-refractivity contribution in [2.45, 2.75) is 11.5 Å². The second-order valence-corrected chi connectivity index (χ2v) is 8.32. The third kappa shape index (κ3) is 4.83. The Morgan fingerprint density at radius 1 is 1.03 bits per heavy atom. The molecule has 0 atom stereocenters. The van der Waals surface area contributed by atoms with Crippen LogP contribution in [-0.2, 0) is 16.4 Å². The van der Waals surface area contributed by atoms with E-state index in [9.17, 15) is 18.1 Å². The molecular formula is C22H15ClFNO3S. The van der Waals surface area contributed by atoms with Crippen LogP contribution in [0.4, 0.5) is 4.39 Å². The van der Waals surface area contributed by atoms with Crippen LogP contribution in [-0.4, -0.2) is 8.42 Å². The van der Waals surface area contributed by atoms with Crippen LogP contribution in [0.1, 0.15) is 11.1 Å². The van der Waals surface area contributed by atoms with Crippen LogP contribution < -0.4 is 4.74 Å². The van der Waals surface area contributed by atoms with Crippen molar-refractivity contribution in [1.82, 2.24) is 0 Å². The molecule has 0 N–H and O–H groups in total. The average Bonchev–Trinajstić information content (AvgIpc) is 2.73. The van der Waals surface area contributed by atoms with Crippen LogP contribution in [0.25, 0.3) is 6.08 Å². The number of nitriles is 1. The van der Waals surface area contributed by atoms with Gasteiger partial charge in [0.1, 0.15) is 29.1 Å². The fraction of sp³-hybridized carbons (Fsp3) is 0.0455. The van der Waals surface area contributed by atoms with Crippen molar-refractivity contribution in [2.75, 3.05) is 0 Å². The maximum atomic E-state index is 13.8. The third-order valence-corrected chi connectivity index (χ3v) is 6.11. The Labute approximate surface area is 173 Å². The van der Waals surface area contributed by atoms with Gasteiger partial charge >= 0.3 is 0 Å². The molecule has 0 aliphatic carbocycles. The van der Waals surface area contributed by atoms with Gasteiger partial charge in [0, 0.05) is 5.56 Å². The summed E-state index contributed by atoms with van der Waals surface area (Å²) in [7, 11) is -3.90. The molecular weight excluding hydrogens is 413 g/mol. The third-order valence-electron chi connectivity index (χ3n) is 4.08. The average molecular weight is 428 g/mol. The summed E-state index contributed by atoms with van der Waals surface area (Å²) in [5, 5.41) is 9.60. The molecule has 0 amide bonds. The molecule has 4 nitrogen and oxygen atoms in total. The quantitative estimate of drug-likeness (QED) is 0.494. The van der Waals surface area contributed by atoms with Crippen LogP contribution in [0.2, 0.25) is 5.02 Å². The Kier molecular flexibility index (Phi) is 6.32. The van der Waals surface area contributed by atoms with Crippen molar-refractivity contribution in [3.8, 4) is 11.8 Å². The van der Waals surface area contributed by atoms with E-state index in [4.69, 9.17) is 16.3 Å². The molecule has 0 saturated heterocycles. The van der Waals surface area contributed by atoms with E-state index in [0.717, 1.165) is 0 Å². The van der Waals surface area contributed by atoms with Gasteiger partial charge in [0.25, 0.3) is 0 Å². The second-order valence-electron chi connectivity index (χ2n) is 5.99. The van der Waals surface area contributed by atoms with Crippen molar-refractivity contribution in [3.05, 3.63) is 99.7 Å². The molecule has 29 heavy (non-hydrogen) atoms. The zero-order chi connectivity index (χ0) is 20.9. The SMILES string of the molecule is N#C/C(=C\c1ccc(OCc2c(F)cccc2Cl)cc1)S(=O)(=O)c1ccccc1. The zero-order valence-corrected chi connectivity index (χ0v) is 16.6. The molecule has 3 aromatic carbocycles. The highest BCUT2D eigenvalue weighted by Crippen LogP contribution is 2.24. The lowest BCUT2D eigenvalue weighted by Gasteiger charge is -2.09. The molecule has 0 saturated carbocycles. The second kappa shape index (κ2) is 8.91. The number of benzene rings is 3. The maximum absolute atomic E-state index is 13.8. The summed E-state index contributed by atoms with van der Waals surface area (Å²) in [6.45, 7) is -0.0491. The maximum Gasteiger partial charge on any atom is 0.216 e. The van der Waals surface area contributed by atoms with Gasteiger partial charge in [-0.2, -0.15) is 5.26 Å². The number of halogens is 2. The molecule has 0 heterocycles. The summed E-state index contributed by atoms with van der Waals surface area (Å²) in [6, 6.07) is 20.3. The molecule has 3 aromatic rings. The first-order valence-electron chi connectivity index (χ1n) is 8.49. The minimum atomic E-state index is -3.90. The Balaban J connectivity index is 1.78. The Hall–Kier alpha value is -3.14. The smallest absolute Gasteiger partial charge is 0.216 e. The molecule has 0 bridgehead atoms. The van der Waals surface area contributed by atoms with Crippen LogP contribution in [0, 0.1) is 17.1 Å². The van der Waals surface area contributed by atoms with Crippen LogP contribution in [0.3, 0.4) is 0 Å². The van der Waals surface area contributed by atoms with Crippen LogP contribution >= 0.6 is 11.6 Å². The summed E-state index contributed by atoms with van der Waals surface area (Å²) in [5.74, 6) is -0.00673. The highest BCUT2D eigenvalue weighted by molar-refractivity contribution is 7.95. The molecule has 0 aliphatic heterocycles. The lowest BCUT2D eigenvalue weighted by atomic mass is 10.2. The number of ether oxygens (including phenoxy) is 1. The minimum Gasteiger partial charge on any atom is -0.489 e. The summed E-state index contributed by atoms with van der Waals surface area (Å²) in [4.78, 5) is -0.315. The summed E-state index contributed by atoms with van der Waals surface area (Å²) in [5.41, 5.74) is 0.760. The number of nitrogens with zero attached hydrogens (tertiary/aromatic N) is 1. The standard InChI is InChI=1S/C22H15ClFNO3S/c23-21-7-4-8-22(24)20(21)15-28-17-11-9-16(10-12-17)13-19(14-25)29(26,27)18-5-2-1-3-6-18/h1-13H,15H2/b19-13+. The first-order chi connectivity index (χ1) is 13.9. The van der Waals surface area contributed by atoms with E-state index in [1.165, 1.54) is 30.3 Å². The highest BCUT2D eigenvalue weighted by Gasteiger charge is 2.20. The zero-order valence-electron chi connectivity index (χ0n) is 15.0. The number of hydrogen-bond donors (Lipinski definition) is 0. The number of sulfone groups is 1. The van der Waals surface area contributed by atoms with Gasteiger partial charge in [-0.15, -0.1) is 0 Å². The molecule has 0 aliphatic rings. The summed E-state index contributed by atoms with van der Waals surface area (Å²) >= 11 is 5.97. The van der Waals surface area contributed by atoms with Gasteiger partial charge in [0.05, 0.1) is 9.92 Å². The van der Waals surface area contributed by atoms with Gasteiger partial charge < -0.3 is 4.74 Å². The van der Waals surface area contributed by atoms with E-state index in [1.54, 1.807) is 54.6 Å². The van der Waals surface area contributed by atoms with Crippen molar-refractivity contribution in [1.29, 1.82) is 5.26 Å². The number of rotatable bonds is 6. The first kappa shape index (κ1) is 20.6. The van der Waals surface area contributed by atoms with E-state index in [0.29, 0.717) is 11.3 Å². The summed E-state index contributed by atoms with van der Waals surface area (Å²) < 4.78 is 44.5. The molecule has 0 spiro atoms. The number of allylic oxidation sites excluding steroid dienone is 1. The fourth-order valence-electron chi connectivity index (χ4n) is 2.53. The van der Waals surface area contributed by atoms with E-state index < -0.39 is 15.7 Å². The Morgan fingerprint density at radius 2 is 1.72 bits per heavy atom. The van der Waals surface area contributed by atoms with Gasteiger partial charge in [0.15, 0.2) is 0 Å². The normalized spacial score (nSPS) is 11.7. The van der Waals surface area contributed by atoms with Crippen molar-refractivity contribution < 1.29 is 17.5 Å². The molecule has 146 valence electrons. The van der Waals surface area contributed by atoms with Gasteiger partial charge in [-0.25, -0.2) is 12.8 Å². The van der Waals surface area contributed by atoms with E-state index in [1.807, 2.05) is 0 Å². The molecule has 7 heteroatoms. The van der Waals surface area contributed by atoms with E-state index in [2.05, 4.69) is 0 Å². The molecule has 0 radical (unpaired) electrons. The monoisotopic (exact) mass is 427 g/mol. The predicted molar refractivity (Wildman–Crippen MR) is 109 cm³/mol. The van der Waals surface area contributed by atoms with Crippen LogP contribution in [0.15, 0.2) is 82.6 Å². The first-order valence-corrected chi connectivity index (χ1v) is 10.4.